The van der Waals surface area contributed by atoms with Gasteiger partial charge in [0.15, 0.2) is 0 Å². The molecular formula is C15H21F2N3O. The van der Waals surface area contributed by atoms with Gasteiger partial charge in [-0.15, -0.1) is 0 Å². The summed E-state index contributed by atoms with van der Waals surface area (Å²) < 4.78 is 28.2. The molecule has 2 rings (SSSR count). The van der Waals surface area contributed by atoms with Gasteiger partial charge in [0.2, 0.25) is 5.91 Å². The van der Waals surface area contributed by atoms with Crippen LogP contribution in [-0.2, 0) is 11.3 Å². The Morgan fingerprint density at radius 2 is 1.95 bits per heavy atom. The Bertz CT molecular complexity index is 495. The summed E-state index contributed by atoms with van der Waals surface area (Å²) in [6.45, 7) is 0.730. The van der Waals surface area contributed by atoms with Crippen LogP contribution >= 0.6 is 0 Å². The highest BCUT2D eigenvalue weighted by Crippen LogP contribution is 2.25. The van der Waals surface area contributed by atoms with Crippen molar-refractivity contribution >= 4 is 11.6 Å². The van der Waals surface area contributed by atoms with E-state index in [0.717, 1.165) is 12.8 Å². The Morgan fingerprint density at radius 3 is 2.48 bits per heavy atom. The number of amides is 1. The lowest BCUT2D eigenvalue weighted by Gasteiger charge is -2.21. The molecule has 4 nitrogen and oxygen atoms in total. The molecule has 1 aromatic carbocycles. The Hall–Kier alpha value is -1.69. The standard InChI is InChI=1S/C15H21F2N3O/c1-18-14(21)5-6-20(2)15-12(16)7-10(8-13(15)17)9-19-11-3-4-11/h7-8,11,19H,3-6,9H2,1-2H3,(H,18,21). The first-order chi connectivity index (χ1) is 10.0. The van der Waals surface area contributed by atoms with Crippen LogP contribution in [0.1, 0.15) is 24.8 Å². The summed E-state index contributed by atoms with van der Waals surface area (Å²) in [4.78, 5) is 12.6. The fourth-order valence-corrected chi connectivity index (χ4v) is 2.14. The van der Waals surface area contributed by atoms with Crippen molar-refractivity contribution in [3.8, 4) is 0 Å². The maximum Gasteiger partial charge on any atom is 0.221 e. The average molecular weight is 297 g/mol. The molecule has 0 saturated heterocycles. The van der Waals surface area contributed by atoms with Crippen LogP contribution in [0.25, 0.3) is 0 Å². The first-order valence-electron chi connectivity index (χ1n) is 7.14. The third-order valence-corrected chi connectivity index (χ3v) is 3.58. The Kier molecular flexibility index (Phi) is 5.12. The van der Waals surface area contributed by atoms with E-state index in [2.05, 4.69) is 10.6 Å². The molecule has 2 N–H and O–H groups in total. The summed E-state index contributed by atoms with van der Waals surface area (Å²) in [6, 6.07) is 3.19. The van der Waals surface area contributed by atoms with Crippen molar-refractivity contribution in [2.75, 3.05) is 25.5 Å². The maximum absolute atomic E-state index is 14.1. The molecule has 1 amide bonds. The number of hydrogen-bond acceptors (Lipinski definition) is 3. The number of anilines is 1. The van der Waals surface area contributed by atoms with E-state index in [4.69, 9.17) is 0 Å². The molecule has 0 aliphatic heterocycles. The van der Waals surface area contributed by atoms with Crippen molar-refractivity contribution < 1.29 is 13.6 Å². The number of carbonyl (C=O) groups is 1. The molecule has 6 heteroatoms. The van der Waals surface area contributed by atoms with Gasteiger partial charge in [-0.2, -0.15) is 0 Å². The van der Waals surface area contributed by atoms with E-state index >= 15 is 0 Å². The van der Waals surface area contributed by atoms with E-state index in [-0.39, 0.29) is 24.6 Å². The number of rotatable bonds is 7. The van der Waals surface area contributed by atoms with Crippen LogP contribution in [-0.4, -0.2) is 32.6 Å². The van der Waals surface area contributed by atoms with Crippen molar-refractivity contribution in [3.05, 3.63) is 29.3 Å². The van der Waals surface area contributed by atoms with Crippen molar-refractivity contribution in [2.24, 2.45) is 0 Å². The molecule has 1 aliphatic rings. The lowest BCUT2D eigenvalue weighted by Crippen LogP contribution is -2.27. The van der Waals surface area contributed by atoms with Crippen LogP contribution in [0.4, 0.5) is 14.5 Å². The van der Waals surface area contributed by atoms with Gasteiger partial charge in [0, 0.05) is 39.6 Å². The number of halogens is 2. The summed E-state index contributed by atoms with van der Waals surface area (Å²) in [6.07, 6.45) is 2.45. The number of benzene rings is 1. The predicted molar refractivity (Wildman–Crippen MR) is 78.2 cm³/mol. The van der Waals surface area contributed by atoms with E-state index in [9.17, 15) is 13.6 Å². The maximum atomic E-state index is 14.1. The van der Waals surface area contributed by atoms with E-state index in [1.54, 1.807) is 7.05 Å². The summed E-state index contributed by atoms with van der Waals surface area (Å²) in [5, 5.41) is 5.71. The van der Waals surface area contributed by atoms with Crippen LogP contribution in [0, 0.1) is 11.6 Å². The minimum Gasteiger partial charge on any atom is -0.369 e. The molecule has 0 heterocycles. The molecule has 116 valence electrons. The quantitative estimate of drug-likeness (QED) is 0.806. The van der Waals surface area contributed by atoms with Gasteiger partial charge in [0.1, 0.15) is 17.3 Å². The topological polar surface area (TPSA) is 44.4 Å². The zero-order valence-corrected chi connectivity index (χ0v) is 12.4. The molecule has 0 bridgehead atoms. The van der Waals surface area contributed by atoms with Gasteiger partial charge in [-0.25, -0.2) is 8.78 Å². The Morgan fingerprint density at radius 1 is 1.33 bits per heavy atom. The summed E-state index contributed by atoms with van der Waals surface area (Å²) >= 11 is 0. The number of hydrogen-bond donors (Lipinski definition) is 2. The fraction of sp³-hybridized carbons (Fsp3) is 0.533. The van der Waals surface area contributed by atoms with Crippen molar-refractivity contribution in [2.45, 2.75) is 31.8 Å². The van der Waals surface area contributed by atoms with Gasteiger partial charge in [0.05, 0.1) is 0 Å². The van der Waals surface area contributed by atoms with E-state index in [0.29, 0.717) is 18.2 Å². The van der Waals surface area contributed by atoms with Crippen LogP contribution in [0.2, 0.25) is 0 Å². The van der Waals surface area contributed by atoms with Gasteiger partial charge < -0.3 is 15.5 Å². The zero-order valence-electron chi connectivity index (χ0n) is 12.4. The third-order valence-electron chi connectivity index (χ3n) is 3.58. The van der Waals surface area contributed by atoms with Gasteiger partial charge in [-0.05, 0) is 30.5 Å². The second-order valence-electron chi connectivity index (χ2n) is 5.41. The molecule has 21 heavy (non-hydrogen) atoms. The smallest absolute Gasteiger partial charge is 0.221 e. The molecule has 1 fully saturated rings. The number of carbonyl (C=O) groups excluding carboxylic acids is 1. The van der Waals surface area contributed by atoms with Gasteiger partial charge in [-0.1, -0.05) is 0 Å². The van der Waals surface area contributed by atoms with Gasteiger partial charge >= 0.3 is 0 Å². The highest BCUT2D eigenvalue weighted by molar-refractivity contribution is 5.76. The molecule has 0 aromatic heterocycles. The molecule has 0 atom stereocenters. The molecule has 1 aliphatic carbocycles. The minimum absolute atomic E-state index is 0.0888. The van der Waals surface area contributed by atoms with Crippen LogP contribution < -0.4 is 15.5 Å². The van der Waals surface area contributed by atoms with E-state index in [1.165, 1.54) is 24.1 Å². The van der Waals surface area contributed by atoms with E-state index in [1.807, 2.05) is 0 Å². The highest BCUT2D eigenvalue weighted by Gasteiger charge is 2.21. The SMILES string of the molecule is CNC(=O)CCN(C)c1c(F)cc(CNC2CC2)cc1F. The average Bonchev–Trinajstić information content (AvgIpc) is 3.26. The first kappa shape index (κ1) is 15.7. The molecule has 1 aromatic rings. The molecule has 0 unspecified atom stereocenters. The number of nitrogens with one attached hydrogen (secondary N) is 2. The minimum atomic E-state index is -0.595. The fourth-order valence-electron chi connectivity index (χ4n) is 2.14. The van der Waals surface area contributed by atoms with Gasteiger partial charge in [0.25, 0.3) is 0 Å². The summed E-state index contributed by atoms with van der Waals surface area (Å²) in [5.41, 5.74) is 0.509. The Labute approximate surface area is 123 Å². The monoisotopic (exact) mass is 297 g/mol. The lowest BCUT2D eigenvalue weighted by molar-refractivity contribution is -0.120. The summed E-state index contributed by atoms with van der Waals surface area (Å²) in [7, 11) is 3.11. The lowest BCUT2D eigenvalue weighted by atomic mass is 10.1. The van der Waals surface area contributed by atoms with Crippen molar-refractivity contribution in [1.29, 1.82) is 0 Å². The zero-order chi connectivity index (χ0) is 15.4. The predicted octanol–water partition coefficient (Wildman–Crippen LogP) is 1.79. The van der Waals surface area contributed by atoms with Gasteiger partial charge in [-0.3, -0.25) is 4.79 Å². The molecular weight excluding hydrogens is 276 g/mol. The molecule has 0 radical (unpaired) electrons. The Balaban J connectivity index is 2.02. The van der Waals surface area contributed by atoms with Crippen molar-refractivity contribution in [3.63, 3.8) is 0 Å². The second kappa shape index (κ2) is 6.85. The third kappa shape index (κ3) is 4.39. The molecule has 0 spiro atoms. The molecule has 1 saturated carbocycles. The largest absolute Gasteiger partial charge is 0.369 e. The van der Waals surface area contributed by atoms with Crippen LogP contribution in [0.5, 0.6) is 0 Å². The highest BCUT2D eigenvalue weighted by atomic mass is 19.1. The van der Waals surface area contributed by atoms with E-state index < -0.39 is 11.6 Å². The van der Waals surface area contributed by atoms with Crippen molar-refractivity contribution in [1.82, 2.24) is 10.6 Å². The second-order valence-corrected chi connectivity index (χ2v) is 5.41. The normalized spacial score (nSPS) is 14.1. The van der Waals surface area contributed by atoms with Crippen LogP contribution in [0.15, 0.2) is 12.1 Å². The van der Waals surface area contributed by atoms with Crippen LogP contribution in [0.3, 0.4) is 0 Å². The summed E-state index contributed by atoms with van der Waals surface area (Å²) in [5.74, 6) is -1.35. The first-order valence-corrected chi connectivity index (χ1v) is 7.14. The number of nitrogens with zero attached hydrogens (tertiary/aromatic N) is 1.